The highest BCUT2D eigenvalue weighted by Crippen LogP contribution is 2.21. The first-order valence-electron chi connectivity index (χ1n) is 6.22. The van der Waals surface area contributed by atoms with Crippen LogP contribution in [0.25, 0.3) is 0 Å². The quantitative estimate of drug-likeness (QED) is 0.834. The number of anilines is 1. The highest BCUT2D eigenvalue weighted by atomic mass is 35.5. The molecule has 2 N–H and O–H groups in total. The van der Waals surface area contributed by atoms with Crippen molar-refractivity contribution in [2.45, 2.75) is 6.92 Å². The van der Waals surface area contributed by atoms with E-state index in [9.17, 15) is 4.79 Å². The van der Waals surface area contributed by atoms with Gasteiger partial charge in [-0.3, -0.25) is 9.48 Å². The van der Waals surface area contributed by atoms with E-state index >= 15 is 0 Å². The van der Waals surface area contributed by atoms with Crippen LogP contribution in [0.4, 0.5) is 5.69 Å². The topological polar surface area (TPSA) is 67.2 Å². The van der Waals surface area contributed by atoms with E-state index in [0.29, 0.717) is 22.0 Å². The van der Waals surface area contributed by atoms with E-state index in [1.165, 1.54) is 4.68 Å². The van der Waals surface area contributed by atoms with E-state index in [1.807, 2.05) is 6.92 Å². The first-order valence-corrected chi connectivity index (χ1v) is 6.60. The van der Waals surface area contributed by atoms with Gasteiger partial charge >= 0.3 is 0 Å². The fourth-order valence-electron chi connectivity index (χ4n) is 1.87. The molecule has 1 heterocycles. The summed E-state index contributed by atoms with van der Waals surface area (Å²) in [4.78, 5) is 12.3. The second-order valence-electron chi connectivity index (χ2n) is 4.40. The molecular weight excluding hydrogens is 290 g/mol. The molecule has 1 aromatic heterocycles. The summed E-state index contributed by atoms with van der Waals surface area (Å²) < 4.78 is 1.51. The fraction of sp³-hybridized carbons (Fsp3) is 0.200. The molecule has 5 nitrogen and oxygen atoms in total. The summed E-state index contributed by atoms with van der Waals surface area (Å²) in [5.41, 5.74) is 2.27. The fourth-order valence-corrected chi connectivity index (χ4v) is 2.05. The molecule has 0 unspecified atom stereocenters. The number of carbonyl (C=O) groups is 1. The summed E-state index contributed by atoms with van der Waals surface area (Å²) in [5, 5.41) is 16.2. The summed E-state index contributed by atoms with van der Waals surface area (Å²) in [6.45, 7) is 1.56. The molecule has 108 valence electrons. The molecule has 1 amide bonds. The van der Waals surface area contributed by atoms with Crippen molar-refractivity contribution in [3.63, 3.8) is 0 Å². The van der Waals surface area contributed by atoms with Crippen molar-refractivity contribution < 1.29 is 9.90 Å². The number of aryl methyl sites for hydroxylation is 2. The van der Waals surface area contributed by atoms with Crippen molar-refractivity contribution in [1.82, 2.24) is 9.78 Å². The van der Waals surface area contributed by atoms with Gasteiger partial charge in [-0.1, -0.05) is 23.4 Å². The lowest BCUT2D eigenvalue weighted by Crippen LogP contribution is -2.16. The molecule has 6 heteroatoms. The highest BCUT2D eigenvalue weighted by Gasteiger charge is 2.13. The minimum absolute atomic E-state index is 0.253. The zero-order valence-corrected chi connectivity index (χ0v) is 12.4. The van der Waals surface area contributed by atoms with Crippen LogP contribution in [0.3, 0.4) is 0 Å². The molecule has 21 heavy (non-hydrogen) atoms. The van der Waals surface area contributed by atoms with Crippen molar-refractivity contribution in [2.75, 3.05) is 11.9 Å². The zero-order chi connectivity index (χ0) is 15.4. The van der Waals surface area contributed by atoms with Gasteiger partial charge in [0.2, 0.25) is 0 Å². The Balaban J connectivity index is 2.32. The molecular formula is C15H14ClN3O2. The maximum Gasteiger partial charge on any atom is 0.273 e. The number of hydrogen-bond donors (Lipinski definition) is 2. The Bertz CT molecular complexity index is 741. The van der Waals surface area contributed by atoms with E-state index in [4.69, 9.17) is 16.7 Å². The average molecular weight is 304 g/mol. The number of halogens is 1. The first-order chi connectivity index (χ1) is 10.0. The number of aromatic nitrogens is 2. The van der Waals surface area contributed by atoms with Crippen LogP contribution in [0.1, 0.15) is 21.7 Å². The lowest BCUT2D eigenvalue weighted by atomic mass is 10.1. The predicted molar refractivity (Wildman–Crippen MR) is 81.3 cm³/mol. The summed E-state index contributed by atoms with van der Waals surface area (Å²) in [7, 11) is 1.70. The molecule has 1 aromatic carbocycles. The molecule has 0 saturated heterocycles. The van der Waals surface area contributed by atoms with Crippen LogP contribution in [0, 0.1) is 18.8 Å². The Morgan fingerprint density at radius 2 is 2.24 bits per heavy atom. The molecule has 0 aliphatic rings. The Morgan fingerprint density at radius 3 is 2.86 bits per heavy atom. The van der Waals surface area contributed by atoms with E-state index in [0.717, 1.165) is 5.69 Å². The van der Waals surface area contributed by atoms with Gasteiger partial charge in [0.05, 0.1) is 11.4 Å². The molecule has 0 atom stereocenters. The van der Waals surface area contributed by atoms with Crippen molar-refractivity contribution in [3.8, 4) is 11.8 Å². The molecule has 0 spiro atoms. The maximum atomic E-state index is 12.3. The Morgan fingerprint density at radius 1 is 1.48 bits per heavy atom. The lowest BCUT2D eigenvalue weighted by Gasteiger charge is -2.08. The van der Waals surface area contributed by atoms with E-state index < -0.39 is 0 Å². The van der Waals surface area contributed by atoms with Crippen LogP contribution in [0.2, 0.25) is 5.02 Å². The molecule has 0 saturated carbocycles. The minimum atomic E-state index is -0.299. The van der Waals surface area contributed by atoms with Gasteiger partial charge in [0.15, 0.2) is 0 Å². The second-order valence-corrected chi connectivity index (χ2v) is 4.83. The number of nitrogens with zero attached hydrogens (tertiary/aromatic N) is 2. The number of hydrogen-bond acceptors (Lipinski definition) is 3. The molecule has 0 fully saturated rings. The van der Waals surface area contributed by atoms with Crippen LogP contribution in [0.5, 0.6) is 0 Å². The van der Waals surface area contributed by atoms with Gasteiger partial charge < -0.3 is 10.4 Å². The van der Waals surface area contributed by atoms with Gasteiger partial charge in [0, 0.05) is 17.6 Å². The summed E-state index contributed by atoms with van der Waals surface area (Å²) in [6, 6.07) is 6.67. The smallest absolute Gasteiger partial charge is 0.273 e. The zero-order valence-electron chi connectivity index (χ0n) is 11.6. The van der Waals surface area contributed by atoms with Crippen LogP contribution < -0.4 is 5.32 Å². The summed E-state index contributed by atoms with van der Waals surface area (Å²) in [6.07, 6.45) is 0. The van der Waals surface area contributed by atoms with Gasteiger partial charge in [-0.05, 0) is 31.2 Å². The number of rotatable bonds is 2. The monoisotopic (exact) mass is 303 g/mol. The number of aliphatic hydroxyl groups excluding tert-OH is 1. The van der Waals surface area contributed by atoms with Crippen LogP contribution in [0.15, 0.2) is 24.3 Å². The first kappa shape index (κ1) is 15.1. The van der Waals surface area contributed by atoms with Gasteiger partial charge in [-0.15, -0.1) is 0 Å². The molecule has 2 aromatic rings. The van der Waals surface area contributed by atoms with Crippen molar-refractivity contribution in [3.05, 3.63) is 46.2 Å². The molecule has 0 bridgehead atoms. The standard InChI is InChI=1S/C15H14ClN3O2/c1-10-8-14(19(2)18-10)15(21)17-13-9-12(16)6-5-11(13)4-3-7-20/h5-6,8-9,20H,7H2,1-2H3,(H,17,21). The predicted octanol–water partition coefficient (Wildman–Crippen LogP) is 1.98. The maximum absolute atomic E-state index is 12.3. The number of nitrogens with one attached hydrogen (secondary N) is 1. The van der Waals surface area contributed by atoms with Gasteiger partial charge in [-0.2, -0.15) is 5.10 Å². The van der Waals surface area contributed by atoms with Crippen molar-refractivity contribution >= 4 is 23.2 Å². The summed E-state index contributed by atoms with van der Waals surface area (Å²) in [5.74, 6) is 5.02. The second kappa shape index (κ2) is 6.44. The van der Waals surface area contributed by atoms with Gasteiger partial charge in [0.25, 0.3) is 5.91 Å². The third-order valence-electron chi connectivity index (χ3n) is 2.77. The van der Waals surface area contributed by atoms with E-state index in [-0.39, 0.29) is 12.5 Å². The number of aliphatic hydroxyl groups is 1. The molecule has 0 aliphatic heterocycles. The number of amides is 1. The highest BCUT2D eigenvalue weighted by molar-refractivity contribution is 6.31. The van der Waals surface area contributed by atoms with E-state index in [1.54, 1.807) is 31.3 Å². The molecule has 2 rings (SSSR count). The normalized spacial score (nSPS) is 9.90. The Kier molecular flexibility index (Phi) is 4.63. The third-order valence-corrected chi connectivity index (χ3v) is 3.00. The van der Waals surface area contributed by atoms with E-state index in [2.05, 4.69) is 22.3 Å². The summed E-state index contributed by atoms with van der Waals surface area (Å²) >= 11 is 5.95. The third kappa shape index (κ3) is 3.63. The average Bonchev–Trinajstić information content (AvgIpc) is 2.77. The lowest BCUT2D eigenvalue weighted by molar-refractivity contribution is 0.101. The number of carbonyl (C=O) groups excluding carboxylic acids is 1. The van der Waals surface area contributed by atoms with Crippen LogP contribution >= 0.6 is 11.6 Å². The minimum Gasteiger partial charge on any atom is -0.384 e. The molecule has 0 aliphatic carbocycles. The SMILES string of the molecule is Cc1cc(C(=O)Nc2cc(Cl)ccc2C#CCO)n(C)n1. The van der Waals surface area contributed by atoms with Crippen molar-refractivity contribution in [2.24, 2.45) is 7.05 Å². The van der Waals surface area contributed by atoms with Gasteiger partial charge in [0.1, 0.15) is 12.3 Å². The Hall–Kier alpha value is -2.29. The largest absolute Gasteiger partial charge is 0.384 e. The Labute approximate surface area is 127 Å². The van der Waals surface area contributed by atoms with Crippen LogP contribution in [-0.4, -0.2) is 27.4 Å². The van der Waals surface area contributed by atoms with Gasteiger partial charge in [-0.25, -0.2) is 0 Å². The molecule has 0 radical (unpaired) electrons. The number of benzene rings is 1. The van der Waals surface area contributed by atoms with Crippen LogP contribution in [-0.2, 0) is 7.05 Å². The van der Waals surface area contributed by atoms with Crippen molar-refractivity contribution in [1.29, 1.82) is 0 Å².